The first kappa shape index (κ1) is 15.1. The summed E-state index contributed by atoms with van der Waals surface area (Å²) in [4.78, 5) is 2.96. The lowest BCUT2D eigenvalue weighted by molar-refractivity contribution is 0.161. The lowest BCUT2D eigenvalue weighted by atomic mass is 9.70. The predicted molar refractivity (Wildman–Crippen MR) is 85.9 cm³/mol. The summed E-state index contributed by atoms with van der Waals surface area (Å²) in [7, 11) is 2.15. The van der Waals surface area contributed by atoms with Gasteiger partial charge in [-0.15, -0.1) is 11.3 Å². The zero-order valence-electron chi connectivity index (χ0n) is 13.2. The van der Waals surface area contributed by atoms with Crippen LogP contribution in [0.15, 0.2) is 6.07 Å². The molecule has 1 fully saturated rings. The van der Waals surface area contributed by atoms with E-state index in [1.165, 1.54) is 41.9 Å². The van der Waals surface area contributed by atoms with Crippen molar-refractivity contribution in [3.05, 3.63) is 21.4 Å². The van der Waals surface area contributed by atoms with E-state index in [9.17, 15) is 0 Å². The van der Waals surface area contributed by atoms with Crippen LogP contribution < -0.4 is 5.32 Å². The Bertz CT molecular complexity index is 413. The van der Waals surface area contributed by atoms with Gasteiger partial charge in [0.05, 0.1) is 0 Å². The molecule has 2 rings (SSSR count). The maximum atomic E-state index is 3.67. The van der Waals surface area contributed by atoms with Crippen LogP contribution in [-0.4, -0.2) is 7.05 Å². The lowest BCUT2D eigenvalue weighted by Gasteiger charge is -2.39. The fourth-order valence-corrected chi connectivity index (χ4v) is 5.19. The van der Waals surface area contributed by atoms with E-state index >= 15 is 0 Å². The highest BCUT2D eigenvalue weighted by Gasteiger charge is 2.42. The largest absolute Gasteiger partial charge is 0.312 e. The zero-order chi connectivity index (χ0) is 14.0. The minimum atomic E-state index is 0.487. The Morgan fingerprint density at radius 1 is 1.26 bits per heavy atom. The van der Waals surface area contributed by atoms with E-state index in [0.29, 0.717) is 11.5 Å². The molecule has 108 valence electrons. The first-order valence-corrected chi connectivity index (χ1v) is 8.54. The van der Waals surface area contributed by atoms with E-state index < -0.39 is 0 Å². The molecule has 1 saturated carbocycles. The highest BCUT2D eigenvalue weighted by Crippen LogP contribution is 2.52. The van der Waals surface area contributed by atoms with E-state index in [4.69, 9.17) is 0 Å². The van der Waals surface area contributed by atoms with E-state index in [0.717, 1.165) is 5.92 Å². The molecule has 0 aromatic carbocycles. The molecule has 1 aliphatic carbocycles. The van der Waals surface area contributed by atoms with E-state index in [2.05, 4.69) is 46.1 Å². The van der Waals surface area contributed by atoms with Crippen LogP contribution >= 0.6 is 11.3 Å². The maximum absolute atomic E-state index is 3.67. The van der Waals surface area contributed by atoms with Gasteiger partial charge in [-0.25, -0.2) is 0 Å². The summed E-state index contributed by atoms with van der Waals surface area (Å²) in [5.74, 6) is 0.786. The lowest BCUT2D eigenvalue weighted by Crippen LogP contribution is -2.36. The molecule has 1 unspecified atom stereocenters. The van der Waals surface area contributed by atoms with Crippen LogP contribution in [0.25, 0.3) is 0 Å². The molecule has 0 bridgehead atoms. The van der Waals surface area contributed by atoms with Crippen LogP contribution in [0.3, 0.4) is 0 Å². The first-order chi connectivity index (χ1) is 8.98. The van der Waals surface area contributed by atoms with Gasteiger partial charge >= 0.3 is 0 Å². The Morgan fingerprint density at radius 3 is 2.32 bits per heavy atom. The quantitative estimate of drug-likeness (QED) is 0.778. The fourth-order valence-electron chi connectivity index (χ4n) is 4.23. The Morgan fingerprint density at radius 2 is 1.89 bits per heavy atom. The van der Waals surface area contributed by atoms with Crippen LogP contribution in [-0.2, 0) is 0 Å². The number of rotatable bonds is 5. The fraction of sp³-hybridized carbons (Fsp3) is 0.765. The number of aryl methyl sites for hydroxylation is 2. The smallest absolute Gasteiger partial charge is 0.0385 e. The summed E-state index contributed by atoms with van der Waals surface area (Å²) in [6.45, 7) is 9.27. The van der Waals surface area contributed by atoms with Crippen molar-refractivity contribution in [2.45, 2.75) is 65.8 Å². The molecule has 0 spiro atoms. The van der Waals surface area contributed by atoms with Crippen molar-refractivity contribution in [3.8, 4) is 0 Å². The highest BCUT2D eigenvalue weighted by molar-refractivity contribution is 7.12. The summed E-state index contributed by atoms with van der Waals surface area (Å²) in [5, 5.41) is 3.67. The standard InChI is InChI=1S/C17H29NS/c1-12(2)11-17(8-6-7-9-17)16(18-5)15-10-13(3)19-14(15)4/h10,12,16,18H,6-9,11H2,1-5H3. The van der Waals surface area contributed by atoms with Gasteiger partial charge in [0.25, 0.3) is 0 Å². The van der Waals surface area contributed by atoms with Crippen molar-refractivity contribution in [3.63, 3.8) is 0 Å². The first-order valence-electron chi connectivity index (χ1n) is 7.73. The van der Waals surface area contributed by atoms with Gasteiger partial charge in [-0.3, -0.25) is 0 Å². The molecule has 1 heterocycles. The second-order valence-corrected chi connectivity index (χ2v) is 8.22. The molecule has 0 saturated heterocycles. The number of hydrogen-bond acceptors (Lipinski definition) is 2. The number of nitrogens with one attached hydrogen (secondary N) is 1. The van der Waals surface area contributed by atoms with Gasteiger partial charge in [0, 0.05) is 15.8 Å². The van der Waals surface area contributed by atoms with Crippen molar-refractivity contribution >= 4 is 11.3 Å². The minimum Gasteiger partial charge on any atom is -0.312 e. The molecule has 1 nitrogen and oxygen atoms in total. The molecule has 1 atom stereocenters. The number of thiophene rings is 1. The molecule has 0 aliphatic heterocycles. The average Bonchev–Trinajstić information content (AvgIpc) is 2.88. The third kappa shape index (κ3) is 3.05. The third-order valence-electron chi connectivity index (χ3n) is 4.71. The minimum absolute atomic E-state index is 0.487. The van der Waals surface area contributed by atoms with Gasteiger partial charge in [-0.2, -0.15) is 0 Å². The molecular weight excluding hydrogens is 250 g/mol. The van der Waals surface area contributed by atoms with Crippen molar-refractivity contribution in [1.82, 2.24) is 5.32 Å². The van der Waals surface area contributed by atoms with E-state index in [-0.39, 0.29) is 0 Å². The SMILES string of the molecule is CNC(c1cc(C)sc1C)C1(CC(C)C)CCCC1. The molecular formula is C17H29NS. The summed E-state index contributed by atoms with van der Waals surface area (Å²) in [5.41, 5.74) is 2.05. The van der Waals surface area contributed by atoms with Crippen molar-refractivity contribution in [2.24, 2.45) is 11.3 Å². The normalized spacial score (nSPS) is 20.1. The molecule has 1 aromatic heterocycles. The molecule has 1 N–H and O–H groups in total. The van der Waals surface area contributed by atoms with Crippen LogP contribution in [0.2, 0.25) is 0 Å². The summed E-state index contributed by atoms with van der Waals surface area (Å²) in [6, 6.07) is 2.96. The average molecular weight is 279 g/mol. The zero-order valence-corrected chi connectivity index (χ0v) is 14.0. The van der Waals surface area contributed by atoms with Gasteiger partial charge < -0.3 is 5.32 Å². The maximum Gasteiger partial charge on any atom is 0.0385 e. The molecule has 1 aromatic rings. The van der Waals surface area contributed by atoms with Gasteiger partial charge in [-0.05, 0) is 63.1 Å². The Labute approximate surface area is 122 Å². The second-order valence-electron chi connectivity index (χ2n) is 6.76. The van der Waals surface area contributed by atoms with Crippen molar-refractivity contribution in [2.75, 3.05) is 7.05 Å². The second kappa shape index (κ2) is 5.97. The summed E-state index contributed by atoms with van der Waals surface area (Å²) >= 11 is 1.95. The van der Waals surface area contributed by atoms with Gasteiger partial charge in [-0.1, -0.05) is 26.7 Å². The molecule has 0 radical (unpaired) electrons. The van der Waals surface area contributed by atoms with Crippen molar-refractivity contribution in [1.29, 1.82) is 0 Å². The Balaban J connectivity index is 2.35. The Hall–Kier alpha value is -0.340. The number of hydrogen-bond donors (Lipinski definition) is 1. The van der Waals surface area contributed by atoms with Gasteiger partial charge in [0.2, 0.25) is 0 Å². The molecule has 1 aliphatic rings. The summed E-state index contributed by atoms with van der Waals surface area (Å²) < 4.78 is 0. The third-order valence-corrected chi connectivity index (χ3v) is 5.69. The monoisotopic (exact) mass is 279 g/mol. The summed E-state index contributed by atoms with van der Waals surface area (Å²) in [6.07, 6.45) is 6.96. The molecule has 0 amide bonds. The Kier molecular flexibility index (Phi) is 4.73. The van der Waals surface area contributed by atoms with Crippen LogP contribution in [0.1, 0.15) is 67.3 Å². The van der Waals surface area contributed by atoms with E-state index in [1.807, 2.05) is 11.3 Å². The van der Waals surface area contributed by atoms with Crippen LogP contribution in [0.4, 0.5) is 0 Å². The molecule has 2 heteroatoms. The van der Waals surface area contributed by atoms with E-state index in [1.54, 1.807) is 5.56 Å². The molecule has 19 heavy (non-hydrogen) atoms. The predicted octanol–water partition coefficient (Wildman–Crippen LogP) is 5.23. The van der Waals surface area contributed by atoms with Crippen LogP contribution in [0.5, 0.6) is 0 Å². The van der Waals surface area contributed by atoms with Crippen LogP contribution in [0, 0.1) is 25.2 Å². The van der Waals surface area contributed by atoms with Gasteiger partial charge in [0.1, 0.15) is 0 Å². The topological polar surface area (TPSA) is 12.0 Å². The highest BCUT2D eigenvalue weighted by atomic mass is 32.1. The van der Waals surface area contributed by atoms with Gasteiger partial charge in [0.15, 0.2) is 0 Å². The van der Waals surface area contributed by atoms with Crippen molar-refractivity contribution < 1.29 is 0 Å².